The van der Waals surface area contributed by atoms with Gasteiger partial charge in [-0.1, -0.05) is 6.92 Å². The molecule has 0 aromatic rings. The van der Waals surface area contributed by atoms with E-state index in [1.165, 1.54) is 51.7 Å². The van der Waals surface area contributed by atoms with Gasteiger partial charge in [0.1, 0.15) is 0 Å². The first-order chi connectivity index (χ1) is 6.81. The molecule has 82 valence electrons. The lowest BCUT2D eigenvalue weighted by molar-refractivity contribution is 0.0666. The topological polar surface area (TPSA) is 6.48 Å². The van der Waals surface area contributed by atoms with E-state index in [1.54, 1.807) is 0 Å². The lowest BCUT2D eigenvalue weighted by atomic mass is 9.88. The van der Waals surface area contributed by atoms with E-state index in [0.717, 1.165) is 12.1 Å². The van der Waals surface area contributed by atoms with Gasteiger partial charge in [0.15, 0.2) is 0 Å². The Kier molecular flexibility index (Phi) is 3.45. The third kappa shape index (κ3) is 2.12. The maximum absolute atomic E-state index is 2.68. The summed E-state index contributed by atoms with van der Waals surface area (Å²) in [4.78, 5) is 5.20. The second kappa shape index (κ2) is 4.63. The molecule has 1 aliphatic carbocycles. The van der Waals surface area contributed by atoms with E-state index in [2.05, 4.69) is 23.8 Å². The summed E-state index contributed by atoms with van der Waals surface area (Å²) in [7, 11) is 2.27. The molecule has 2 fully saturated rings. The quantitative estimate of drug-likeness (QED) is 0.681. The van der Waals surface area contributed by atoms with Crippen LogP contribution < -0.4 is 0 Å². The lowest BCUT2D eigenvalue weighted by Crippen LogP contribution is -2.48. The van der Waals surface area contributed by atoms with Crippen molar-refractivity contribution in [3.8, 4) is 0 Å². The van der Waals surface area contributed by atoms with E-state index >= 15 is 0 Å². The number of hydrogen-bond donors (Lipinski definition) is 0. The van der Waals surface area contributed by atoms with E-state index in [-0.39, 0.29) is 0 Å². The van der Waals surface area contributed by atoms with Crippen molar-refractivity contribution in [1.29, 1.82) is 0 Å². The van der Waals surface area contributed by atoms with E-state index in [9.17, 15) is 0 Å². The summed E-state index contributed by atoms with van der Waals surface area (Å²) < 4.78 is 0. The SMILES string of the molecule is CCN(C)C1CCC(N2CCC2)CC1. The van der Waals surface area contributed by atoms with Crippen LogP contribution in [0.25, 0.3) is 0 Å². The summed E-state index contributed by atoms with van der Waals surface area (Å²) in [5.74, 6) is 0. The Labute approximate surface area is 88.3 Å². The Bertz CT molecular complexity index is 156. The Hall–Kier alpha value is -0.0800. The molecule has 0 unspecified atom stereocenters. The van der Waals surface area contributed by atoms with Crippen molar-refractivity contribution in [2.75, 3.05) is 26.7 Å². The van der Waals surface area contributed by atoms with E-state index in [0.29, 0.717) is 0 Å². The van der Waals surface area contributed by atoms with Crippen LogP contribution in [0.1, 0.15) is 39.0 Å². The molecule has 0 radical (unpaired) electrons. The average Bonchev–Trinajstić information content (AvgIpc) is 2.15. The fourth-order valence-electron chi connectivity index (χ4n) is 2.83. The molecule has 1 heterocycles. The second-order valence-corrected chi connectivity index (χ2v) is 4.93. The zero-order valence-electron chi connectivity index (χ0n) is 9.71. The summed E-state index contributed by atoms with van der Waals surface area (Å²) in [6.07, 6.45) is 7.16. The van der Waals surface area contributed by atoms with Gasteiger partial charge in [-0.15, -0.1) is 0 Å². The van der Waals surface area contributed by atoms with Gasteiger partial charge in [0, 0.05) is 12.1 Å². The molecule has 0 amide bonds. The molecule has 2 nitrogen and oxygen atoms in total. The van der Waals surface area contributed by atoms with E-state index in [4.69, 9.17) is 0 Å². The van der Waals surface area contributed by atoms with Crippen molar-refractivity contribution in [3.05, 3.63) is 0 Å². The van der Waals surface area contributed by atoms with Gasteiger partial charge in [-0.05, 0) is 58.8 Å². The molecule has 0 aromatic carbocycles. The summed E-state index contributed by atoms with van der Waals surface area (Å²) >= 11 is 0. The van der Waals surface area contributed by atoms with Gasteiger partial charge in [0.25, 0.3) is 0 Å². The van der Waals surface area contributed by atoms with Crippen LogP contribution in [0.2, 0.25) is 0 Å². The molecule has 0 bridgehead atoms. The molecular weight excluding hydrogens is 172 g/mol. The Morgan fingerprint density at radius 2 is 1.79 bits per heavy atom. The molecule has 0 spiro atoms. The van der Waals surface area contributed by atoms with Gasteiger partial charge in [0.2, 0.25) is 0 Å². The third-order valence-electron chi connectivity index (χ3n) is 4.20. The minimum atomic E-state index is 0.873. The molecule has 1 saturated heterocycles. The molecular formula is C12H24N2. The molecule has 2 heteroatoms. The fourth-order valence-corrected chi connectivity index (χ4v) is 2.83. The van der Waals surface area contributed by atoms with Crippen molar-refractivity contribution >= 4 is 0 Å². The van der Waals surface area contributed by atoms with Crippen LogP contribution in [-0.4, -0.2) is 48.6 Å². The number of nitrogens with zero attached hydrogens (tertiary/aromatic N) is 2. The largest absolute Gasteiger partial charge is 0.304 e. The highest BCUT2D eigenvalue weighted by molar-refractivity contribution is 4.86. The molecule has 0 atom stereocenters. The monoisotopic (exact) mass is 196 g/mol. The Balaban J connectivity index is 1.74. The summed E-state index contributed by atoms with van der Waals surface area (Å²) in [5.41, 5.74) is 0. The predicted octanol–water partition coefficient (Wildman–Crippen LogP) is 1.95. The van der Waals surface area contributed by atoms with Crippen LogP contribution >= 0.6 is 0 Å². The van der Waals surface area contributed by atoms with Crippen LogP contribution in [0.4, 0.5) is 0 Å². The average molecular weight is 196 g/mol. The first-order valence-electron chi connectivity index (χ1n) is 6.25. The predicted molar refractivity (Wildman–Crippen MR) is 60.5 cm³/mol. The normalized spacial score (nSPS) is 34.5. The Morgan fingerprint density at radius 3 is 2.21 bits per heavy atom. The maximum atomic E-state index is 2.68. The van der Waals surface area contributed by atoms with E-state index in [1.807, 2.05) is 0 Å². The fraction of sp³-hybridized carbons (Fsp3) is 1.00. The van der Waals surface area contributed by atoms with Gasteiger partial charge in [-0.2, -0.15) is 0 Å². The third-order valence-corrected chi connectivity index (χ3v) is 4.20. The second-order valence-electron chi connectivity index (χ2n) is 4.93. The first kappa shape index (κ1) is 10.4. The maximum Gasteiger partial charge on any atom is 0.00964 e. The summed E-state index contributed by atoms with van der Waals surface area (Å²) in [5, 5.41) is 0. The minimum Gasteiger partial charge on any atom is -0.304 e. The molecule has 0 aromatic heterocycles. The number of likely N-dealkylation sites (tertiary alicyclic amines) is 1. The number of hydrogen-bond acceptors (Lipinski definition) is 2. The van der Waals surface area contributed by atoms with Crippen molar-refractivity contribution < 1.29 is 0 Å². The minimum absolute atomic E-state index is 0.873. The highest BCUT2D eigenvalue weighted by Crippen LogP contribution is 2.28. The zero-order valence-corrected chi connectivity index (χ0v) is 9.71. The van der Waals surface area contributed by atoms with Gasteiger partial charge in [-0.25, -0.2) is 0 Å². The molecule has 2 rings (SSSR count). The van der Waals surface area contributed by atoms with Crippen LogP contribution in [0, 0.1) is 0 Å². The summed E-state index contributed by atoms with van der Waals surface area (Å²) in [6.45, 7) is 6.22. The summed E-state index contributed by atoms with van der Waals surface area (Å²) in [6, 6.07) is 1.81. The molecule has 1 aliphatic heterocycles. The number of rotatable bonds is 3. The van der Waals surface area contributed by atoms with Gasteiger partial charge >= 0.3 is 0 Å². The molecule has 2 aliphatic rings. The smallest absolute Gasteiger partial charge is 0.00964 e. The highest BCUT2D eigenvalue weighted by atomic mass is 15.2. The molecule has 1 saturated carbocycles. The van der Waals surface area contributed by atoms with Gasteiger partial charge in [0.05, 0.1) is 0 Å². The highest BCUT2D eigenvalue weighted by Gasteiger charge is 2.29. The molecule has 14 heavy (non-hydrogen) atoms. The molecule has 0 N–H and O–H groups in total. The first-order valence-corrected chi connectivity index (χ1v) is 6.25. The van der Waals surface area contributed by atoms with Crippen LogP contribution in [-0.2, 0) is 0 Å². The Morgan fingerprint density at radius 1 is 1.14 bits per heavy atom. The lowest BCUT2D eigenvalue weighted by Gasteiger charge is -2.43. The van der Waals surface area contributed by atoms with Crippen LogP contribution in [0.15, 0.2) is 0 Å². The van der Waals surface area contributed by atoms with Crippen molar-refractivity contribution in [3.63, 3.8) is 0 Å². The zero-order chi connectivity index (χ0) is 9.97. The van der Waals surface area contributed by atoms with E-state index < -0.39 is 0 Å². The van der Waals surface area contributed by atoms with Crippen molar-refractivity contribution in [2.24, 2.45) is 0 Å². The standard InChI is InChI=1S/C12H24N2/c1-3-13(2)11-5-7-12(8-6-11)14-9-4-10-14/h11-12H,3-10H2,1-2H3. The van der Waals surface area contributed by atoms with Crippen molar-refractivity contribution in [1.82, 2.24) is 9.80 Å². The van der Waals surface area contributed by atoms with Crippen LogP contribution in [0.3, 0.4) is 0 Å². The van der Waals surface area contributed by atoms with Crippen molar-refractivity contribution in [2.45, 2.75) is 51.1 Å². The van der Waals surface area contributed by atoms with Crippen LogP contribution in [0.5, 0.6) is 0 Å². The van der Waals surface area contributed by atoms with Gasteiger partial charge in [-0.3, -0.25) is 0 Å². The van der Waals surface area contributed by atoms with Gasteiger partial charge < -0.3 is 9.80 Å².